The van der Waals surface area contributed by atoms with E-state index in [0.29, 0.717) is 5.41 Å². The van der Waals surface area contributed by atoms with Crippen LogP contribution >= 0.6 is 0 Å². The Balaban J connectivity index is 1.55. The Morgan fingerprint density at radius 3 is 2.35 bits per heavy atom. The normalized spacial score (nSPS) is 40.2. The zero-order valence-corrected chi connectivity index (χ0v) is 12.4. The molecule has 1 atom stereocenters. The van der Waals surface area contributed by atoms with Gasteiger partial charge >= 0.3 is 0 Å². The average molecular weight is 274 g/mol. The van der Waals surface area contributed by atoms with E-state index in [1.165, 1.54) is 44.9 Å². The molecular formula is C16H26N4. The molecule has 4 heteroatoms. The summed E-state index contributed by atoms with van der Waals surface area (Å²) in [5.74, 6) is 8.85. The van der Waals surface area contributed by atoms with Gasteiger partial charge in [0, 0.05) is 13.2 Å². The third kappa shape index (κ3) is 2.09. The van der Waals surface area contributed by atoms with Crippen LogP contribution in [0.3, 0.4) is 0 Å². The molecule has 0 amide bonds. The van der Waals surface area contributed by atoms with Crippen molar-refractivity contribution in [2.24, 2.45) is 36.1 Å². The predicted molar refractivity (Wildman–Crippen MR) is 78.5 cm³/mol. The zero-order valence-electron chi connectivity index (χ0n) is 12.4. The van der Waals surface area contributed by atoms with E-state index in [9.17, 15) is 0 Å². The highest BCUT2D eigenvalue weighted by Gasteiger charge is 2.51. The van der Waals surface area contributed by atoms with Crippen LogP contribution in [-0.2, 0) is 7.05 Å². The molecule has 4 fully saturated rings. The van der Waals surface area contributed by atoms with Crippen molar-refractivity contribution in [3.05, 3.63) is 18.0 Å². The first-order chi connectivity index (χ1) is 9.66. The van der Waals surface area contributed by atoms with Gasteiger partial charge in [-0.05, 0) is 74.2 Å². The Labute approximate surface area is 121 Å². The lowest BCUT2D eigenvalue weighted by atomic mass is 9.48. The number of nitrogens with two attached hydrogens (primary N) is 1. The highest BCUT2D eigenvalue weighted by molar-refractivity contribution is 5.09. The second-order valence-electron chi connectivity index (χ2n) is 7.76. The van der Waals surface area contributed by atoms with Crippen molar-refractivity contribution in [3.63, 3.8) is 0 Å². The van der Waals surface area contributed by atoms with Gasteiger partial charge < -0.3 is 0 Å². The van der Waals surface area contributed by atoms with E-state index in [-0.39, 0.29) is 6.04 Å². The van der Waals surface area contributed by atoms with Crippen molar-refractivity contribution in [2.75, 3.05) is 0 Å². The number of hydrazine groups is 1. The second-order valence-corrected chi connectivity index (χ2v) is 7.76. The minimum absolute atomic E-state index is 0.215. The number of hydrogen-bond acceptors (Lipinski definition) is 3. The second kappa shape index (κ2) is 4.57. The van der Waals surface area contributed by atoms with Crippen LogP contribution in [0.5, 0.6) is 0 Å². The van der Waals surface area contributed by atoms with Gasteiger partial charge in [-0.1, -0.05) is 0 Å². The van der Waals surface area contributed by atoms with Gasteiger partial charge in [-0.2, -0.15) is 5.10 Å². The molecule has 0 spiro atoms. The molecule has 1 aromatic rings. The lowest BCUT2D eigenvalue weighted by molar-refractivity contribution is -0.0625. The van der Waals surface area contributed by atoms with E-state index in [1.54, 1.807) is 0 Å². The summed E-state index contributed by atoms with van der Waals surface area (Å²) in [5.41, 5.74) is 4.68. The fourth-order valence-corrected chi connectivity index (χ4v) is 5.84. The van der Waals surface area contributed by atoms with E-state index in [1.807, 2.05) is 17.9 Å². The molecule has 0 radical (unpaired) electrons. The van der Waals surface area contributed by atoms with Gasteiger partial charge in [0.1, 0.15) is 0 Å². The Morgan fingerprint density at radius 1 is 1.30 bits per heavy atom. The molecule has 20 heavy (non-hydrogen) atoms. The molecule has 3 N–H and O–H groups in total. The van der Waals surface area contributed by atoms with Crippen LogP contribution in [0.1, 0.15) is 56.7 Å². The van der Waals surface area contributed by atoms with Crippen LogP contribution < -0.4 is 11.3 Å². The summed E-state index contributed by atoms with van der Waals surface area (Å²) in [5, 5.41) is 4.55. The van der Waals surface area contributed by atoms with Crippen molar-refractivity contribution in [3.8, 4) is 0 Å². The lowest BCUT2D eigenvalue weighted by Gasteiger charge is -2.57. The standard InChI is InChI=1S/C16H26N4/c1-20-3-2-14(19-20)15(18-17)10-16-7-11-4-12(8-16)6-13(5-11)9-16/h2-3,11-13,15,18H,4-10,17H2,1H3. The predicted octanol–water partition coefficient (Wildman–Crippen LogP) is 2.53. The summed E-state index contributed by atoms with van der Waals surface area (Å²) in [4.78, 5) is 0. The van der Waals surface area contributed by atoms with Gasteiger partial charge in [0.2, 0.25) is 0 Å². The number of nitrogens with one attached hydrogen (secondary N) is 1. The summed E-state index contributed by atoms with van der Waals surface area (Å²) in [6.07, 6.45) is 12.0. The number of aryl methyl sites for hydroxylation is 1. The van der Waals surface area contributed by atoms with Gasteiger partial charge in [-0.25, -0.2) is 0 Å². The molecule has 0 saturated heterocycles. The molecule has 4 nitrogen and oxygen atoms in total. The largest absolute Gasteiger partial charge is 0.275 e. The first kappa shape index (κ1) is 12.8. The fourth-order valence-electron chi connectivity index (χ4n) is 5.84. The van der Waals surface area contributed by atoms with Crippen LogP contribution in [0, 0.1) is 23.2 Å². The molecular weight excluding hydrogens is 248 g/mol. The van der Waals surface area contributed by atoms with Crippen molar-refractivity contribution < 1.29 is 0 Å². The topological polar surface area (TPSA) is 55.9 Å². The molecule has 0 aliphatic heterocycles. The molecule has 4 saturated carbocycles. The maximum absolute atomic E-state index is 5.84. The molecule has 4 aliphatic rings. The number of rotatable bonds is 4. The third-order valence-electron chi connectivity index (χ3n) is 6.09. The lowest BCUT2D eigenvalue weighted by Crippen LogP contribution is -2.48. The smallest absolute Gasteiger partial charge is 0.0807 e. The zero-order chi connectivity index (χ0) is 13.7. The summed E-state index contributed by atoms with van der Waals surface area (Å²) in [6.45, 7) is 0. The molecule has 1 aromatic heterocycles. The van der Waals surface area contributed by atoms with Crippen molar-refractivity contribution in [1.82, 2.24) is 15.2 Å². The minimum Gasteiger partial charge on any atom is -0.275 e. The monoisotopic (exact) mass is 274 g/mol. The van der Waals surface area contributed by atoms with Gasteiger partial charge in [-0.15, -0.1) is 0 Å². The highest BCUT2D eigenvalue weighted by Crippen LogP contribution is 2.62. The molecule has 4 aliphatic carbocycles. The van der Waals surface area contributed by atoms with Gasteiger partial charge in [0.25, 0.3) is 0 Å². The van der Waals surface area contributed by atoms with E-state index < -0.39 is 0 Å². The van der Waals surface area contributed by atoms with Gasteiger partial charge in [-0.3, -0.25) is 16.0 Å². The molecule has 0 aromatic carbocycles. The fraction of sp³-hybridized carbons (Fsp3) is 0.812. The Kier molecular flexibility index (Phi) is 2.93. The number of hydrogen-bond donors (Lipinski definition) is 2. The van der Waals surface area contributed by atoms with Gasteiger partial charge in [0.05, 0.1) is 11.7 Å². The molecule has 1 unspecified atom stereocenters. The Hall–Kier alpha value is -0.870. The van der Waals surface area contributed by atoms with Crippen molar-refractivity contribution in [2.45, 2.75) is 51.0 Å². The molecule has 4 bridgehead atoms. The molecule has 110 valence electrons. The summed E-state index contributed by atoms with van der Waals surface area (Å²) in [7, 11) is 1.97. The van der Waals surface area contributed by atoms with Crippen LogP contribution in [0.4, 0.5) is 0 Å². The quantitative estimate of drug-likeness (QED) is 0.655. The number of aromatic nitrogens is 2. The average Bonchev–Trinajstić information content (AvgIpc) is 2.81. The van der Waals surface area contributed by atoms with Crippen molar-refractivity contribution in [1.29, 1.82) is 0 Å². The van der Waals surface area contributed by atoms with Crippen LogP contribution in [0.15, 0.2) is 12.3 Å². The minimum atomic E-state index is 0.215. The third-order valence-corrected chi connectivity index (χ3v) is 6.09. The summed E-state index contributed by atoms with van der Waals surface area (Å²) < 4.78 is 1.87. The Bertz CT molecular complexity index is 457. The van der Waals surface area contributed by atoms with Gasteiger partial charge in [0.15, 0.2) is 0 Å². The Morgan fingerprint density at radius 2 is 1.90 bits per heavy atom. The van der Waals surface area contributed by atoms with E-state index >= 15 is 0 Å². The summed E-state index contributed by atoms with van der Waals surface area (Å²) >= 11 is 0. The first-order valence-electron chi connectivity index (χ1n) is 8.11. The molecule has 1 heterocycles. The van der Waals surface area contributed by atoms with E-state index in [0.717, 1.165) is 23.4 Å². The molecule has 5 rings (SSSR count). The maximum Gasteiger partial charge on any atom is 0.0807 e. The van der Waals surface area contributed by atoms with E-state index in [2.05, 4.69) is 16.6 Å². The SMILES string of the molecule is Cn1ccc(C(CC23CC4CC(CC(C4)C2)C3)NN)n1. The van der Waals surface area contributed by atoms with E-state index in [4.69, 9.17) is 5.84 Å². The van der Waals surface area contributed by atoms with Crippen LogP contribution in [0.25, 0.3) is 0 Å². The first-order valence-corrected chi connectivity index (χ1v) is 8.11. The van der Waals surface area contributed by atoms with Crippen LogP contribution in [0.2, 0.25) is 0 Å². The maximum atomic E-state index is 5.84. The highest BCUT2D eigenvalue weighted by atomic mass is 15.3. The van der Waals surface area contributed by atoms with Crippen molar-refractivity contribution >= 4 is 0 Å². The summed E-state index contributed by atoms with van der Waals surface area (Å²) in [6, 6.07) is 2.32. The van der Waals surface area contributed by atoms with Crippen LogP contribution in [-0.4, -0.2) is 9.78 Å². The number of nitrogens with zero attached hydrogens (tertiary/aromatic N) is 2.